The summed E-state index contributed by atoms with van der Waals surface area (Å²) in [6.07, 6.45) is 0.370. The molecule has 0 spiro atoms. The quantitative estimate of drug-likeness (QED) is 0.854. The lowest BCUT2D eigenvalue weighted by molar-refractivity contribution is 0.172. The predicted molar refractivity (Wildman–Crippen MR) is 89.3 cm³/mol. The van der Waals surface area contributed by atoms with Crippen LogP contribution in [0.4, 0.5) is 8.78 Å². The Labute approximate surface area is 140 Å². The molecule has 128 valence electrons. The topological polar surface area (TPSA) is 35.5 Å². The van der Waals surface area contributed by atoms with E-state index in [2.05, 4.69) is 22.3 Å². The smallest absolute Gasteiger partial charge is 0.130 e. The van der Waals surface area contributed by atoms with E-state index in [4.69, 9.17) is 0 Å². The maximum absolute atomic E-state index is 13.6. The third-order valence-electron chi connectivity index (χ3n) is 4.44. The van der Waals surface area contributed by atoms with E-state index in [0.29, 0.717) is 31.6 Å². The standard InChI is InChI=1S/C19H22F2N2O/c20-16-7-6-15(19(21)8-16)10-22-11-17-9-18(24)13-23(17)12-14-4-2-1-3-5-14/h1-8,17-18,22,24H,9-13H2. The first-order chi connectivity index (χ1) is 11.6. The molecular formula is C19H22F2N2O. The van der Waals surface area contributed by atoms with Gasteiger partial charge in [-0.2, -0.15) is 0 Å². The van der Waals surface area contributed by atoms with Crippen LogP contribution in [0.3, 0.4) is 0 Å². The molecule has 0 amide bonds. The second-order valence-electron chi connectivity index (χ2n) is 6.33. The SMILES string of the molecule is OC1CC(CNCc2ccc(F)cc2F)N(Cc2ccccc2)C1. The zero-order valence-electron chi connectivity index (χ0n) is 13.5. The molecule has 1 aliphatic heterocycles. The van der Waals surface area contributed by atoms with E-state index in [1.54, 1.807) is 0 Å². The van der Waals surface area contributed by atoms with Gasteiger partial charge in [-0.15, -0.1) is 0 Å². The highest BCUT2D eigenvalue weighted by atomic mass is 19.1. The fourth-order valence-corrected chi connectivity index (χ4v) is 3.22. The Morgan fingerprint density at radius 3 is 2.67 bits per heavy atom. The largest absolute Gasteiger partial charge is 0.392 e. The highest BCUT2D eigenvalue weighted by Crippen LogP contribution is 2.20. The van der Waals surface area contributed by atoms with Crippen LogP contribution in [0, 0.1) is 11.6 Å². The van der Waals surface area contributed by atoms with Crippen molar-refractivity contribution in [1.29, 1.82) is 0 Å². The Morgan fingerprint density at radius 1 is 1.12 bits per heavy atom. The van der Waals surface area contributed by atoms with E-state index in [1.165, 1.54) is 17.7 Å². The van der Waals surface area contributed by atoms with Crippen molar-refractivity contribution >= 4 is 0 Å². The van der Waals surface area contributed by atoms with Gasteiger partial charge in [0.2, 0.25) is 0 Å². The average Bonchev–Trinajstić information content (AvgIpc) is 2.90. The Kier molecular flexibility index (Phi) is 5.56. The summed E-state index contributed by atoms with van der Waals surface area (Å²) in [5.74, 6) is -1.10. The minimum atomic E-state index is -0.566. The normalized spacial score (nSPS) is 21.3. The monoisotopic (exact) mass is 332 g/mol. The van der Waals surface area contributed by atoms with Crippen molar-refractivity contribution in [3.63, 3.8) is 0 Å². The zero-order chi connectivity index (χ0) is 16.9. The fourth-order valence-electron chi connectivity index (χ4n) is 3.22. The van der Waals surface area contributed by atoms with Gasteiger partial charge in [0.25, 0.3) is 0 Å². The molecule has 2 aromatic carbocycles. The fraction of sp³-hybridized carbons (Fsp3) is 0.368. The van der Waals surface area contributed by atoms with Crippen molar-refractivity contribution < 1.29 is 13.9 Å². The third-order valence-corrected chi connectivity index (χ3v) is 4.44. The summed E-state index contributed by atoms with van der Waals surface area (Å²) in [5.41, 5.74) is 1.66. The number of benzene rings is 2. The molecule has 2 aromatic rings. The van der Waals surface area contributed by atoms with Crippen LogP contribution in [0.15, 0.2) is 48.5 Å². The van der Waals surface area contributed by atoms with Crippen LogP contribution in [-0.4, -0.2) is 35.2 Å². The van der Waals surface area contributed by atoms with Gasteiger partial charge in [0.1, 0.15) is 11.6 Å². The van der Waals surface area contributed by atoms with E-state index in [9.17, 15) is 13.9 Å². The van der Waals surface area contributed by atoms with Crippen LogP contribution in [-0.2, 0) is 13.1 Å². The van der Waals surface area contributed by atoms with Crippen molar-refractivity contribution in [3.05, 3.63) is 71.3 Å². The number of halogens is 2. The minimum Gasteiger partial charge on any atom is -0.392 e. The van der Waals surface area contributed by atoms with Crippen LogP contribution in [0.5, 0.6) is 0 Å². The van der Waals surface area contributed by atoms with Crippen LogP contribution in [0.25, 0.3) is 0 Å². The molecule has 1 saturated heterocycles. The minimum absolute atomic E-state index is 0.198. The Balaban J connectivity index is 1.54. The summed E-state index contributed by atoms with van der Waals surface area (Å²) in [6, 6.07) is 14.0. The maximum Gasteiger partial charge on any atom is 0.130 e. The maximum atomic E-state index is 13.6. The molecule has 0 radical (unpaired) electrons. The number of β-amino-alcohol motifs (C(OH)–C–C–N with tert-alkyl or cyclic N) is 1. The first-order valence-electron chi connectivity index (χ1n) is 8.22. The first-order valence-corrected chi connectivity index (χ1v) is 8.22. The van der Waals surface area contributed by atoms with E-state index in [0.717, 1.165) is 12.6 Å². The van der Waals surface area contributed by atoms with E-state index in [-0.39, 0.29) is 12.1 Å². The number of nitrogens with zero attached hydrogens (tertiary/aromatic N) is 1. The van der Waals surface area contributed by atoms with Crippen LogP contribution in [0.2, 0.25) is 0 Å². The summed E-state index contributed by atoms with van der Waals surface area (Å²) >= 11 is 0. The molecule has 1 fully saturated rings. The Hall–Kier alpha value is -1.82. The Bertz CT molecular complexity index is 666. The summed E-state index contributed by atoms with van der Waals surface area (Å²) in [5, 5.41) is 13.2. The molecule has 2 unspecified atom stereocenters. The molecule has 1 heterocycles. The highest BCUT2D eigenvalue weighted by Gasteiger charge is 2.30. The predicted octanol–water partition coefficient (Wildman–Crippen LogP) is 2.69. The van der Waals surface area contributed by atoms with Gasteiger partial charge < -0.3 is 10.4 Å². The second-order valence-corrected chi connectivity index (χ2v) is 6.33. The average molecular weight is 332 g/mol. The van der Waals surface area contributed by atoms with Crippen LogP contribution < -0.4 is 5.32 Å². The molecule has 5 heteroatoms. The molecule has 0 bridgehead atoms. The number of hydrogen-bond acceptors (Lipinski definition) is 3. The van der Waals surface area contributed by atoms with Crippen LogP contribution >= 0.6 is 0 Å². The molecule has 0 aliphatic carbocycles. The molecule has 24 heavy (non-hydrogen) atoms. The van der Waals surface area contributed by atoms with Gasteiger partial charge in [-0.25, -0.2) is 8.78 Å². The van der Waals surface area contributed by atoms with Crippen molar-refractivity contribution in [1.82, 2.24) is 10.2 Å². The molecule has 0 saturated carbocycles. The molecule has 2 atom stereocenters. The van der Waals surface area contributed by atoms with E-state index < -0.39 is 11.6 Å². The number of hydrogen-bond donors (Lipinski definition) is 2. The number of nitrogens with one attached hydrogen (secondary N) is 1. The van der Waals surface area contributed by atoms with Gasteiger partial charge in [-0.3, -0.25) is 4.90 Å². The lowest BCUT2D eigenvalue weighted by Crippen LogP contribution is -2.37. The van der Waals surface area contributed by atoms with Gasteiger partial charge >= 0.3 is 0 Å². The summed E-state index contributed by atoms with van der Waals surface area (Å²) in [6.45, 7) is 2.43. The van der Waals surface area contributed by atoms with Gasteiger partial charge in [-0.05, 0) is 18.1 Å². The number of likely N-dealkylation sites (tertiary alicyclic amines) is 1. The lowest BCUT2D eigenvalue weighted by Gasteiger charge is -2.24. The van der Waals surface area contributed by atoms with Crippen molar-refractivity contribution in [3.8, 4) is 0 Å². The Morgan fingerprint density at radius 2 is 1.92 bits per heavy atom. The summed E-state index contributed by atoms with van der Waals surface area (Å²) < 4.78 is 26.6. The third kappa shape index (κ3) is 4.38. The van der Waals surface area contributed by atoms with Gasteiger partial charge in [0.05, 0.1) is 6.10 Å². The summed E-state index contributed by atoms with van der Waals surface area (Å²) in [7, 11) is 0. The van der Waals surface area contributed by atoms with Gasteiger partial charge in [0, 0.05) is 43.9 Å². The lowest BCUT2D eigenvalue weighted by atomic mass is 10.1. The molecule has 2 N–H and O–H groups in total. The van der Waals surface area contributed by atoms with Crippen molar-refractivity contribution in [2.75, 3.05) is 13.1 Å². The van der Waals surface area contributed by atoms with Crippen molar-refractivity contribution in [2.24, 2.45) is 0 Å². The second kappa shape index (κ2) is 7.83. The molecule has 0 aromatic heterocycles. The molecule has 3 rings (SSSR count). The van der Waals surface area contributed by atoms with Gasteiger partial charge in [-0.1, -0.05) is 36.4 Å². The van der Waals surface area contributed by atoms with E-state index >= 15 is 0 Å². The number of rotatable bonds is 6. The van der Waals surface area contributed by atoms with E-state index in [1.807, 2.05) is 18.2 Å². The number of aliphatic hydroxyl groups is 1. The molecule has 1 aliphatic rings. The van der Waals surface area contributed by atoms with Crippen LogP contribution in [0.1, 0.15) is 17.5 Å². The highest BCUT2D eigenvalue weighted by molar-refractivity contribution is 5.18. The molecule has 3 nitrogen and oxygen atoms in total. The summed E-state index contributed by atoms with van der Waals surface area (Å²) in [4.78, 5) is 2.24. The number of aliphatic hydroxyl groups excluding tert-OH is 1. The van der Waals surface area contributed by atoms with Gasteiger partial charge in [0.15, 0.2) is 0 Å². The molecular weight excluding hydrogens is 310 g/mol. The first kappa shape index (κ1) is 17.0. The van der Waals surface area contributed by atoms with Crippen molar-refractivity contribution in [2.45, 2.75) is 31.7 Å². The zero-order valence-corrected chi connectivity index (χ0v) is 13.5.